The van der Waals surface area contributed by atoms with Crippen LogP contribution in [-0.4, -0.2) is 29.2 Å². The van der Waals surface area contributed by atoms with Crippen molar-refractivity contribution in [1.82, 2.24) is 20.8 Å². The highest BCUT2D eigenvalue weighted by Crippen LogP contribution is 2.24. The molecule has 25 heavy (non-hydrogen) atoms. The molecule has 1 fully saturated rings. The second kappa shape index (κ2) is 7.99. The van der Waals surface area contributed by atoms with Gasteiger partial charge in [0.1, 0.15) is 0 Å². The van der Waals surface area contributed by atoms with Gasteiger partial charge in [-0.1, -0.05) is 28.9 Å². The quantitative estimate of drug-likeness (QED) is 0.644. The van der Waals surface area contributed by atoms with E-state index in [9.17, 15) is 0 Å². The van der Waals surface area contributed by atoms with Crippen molar-refractivity contribution in [3.05, 3.63) is 35.2 Å². The summed E-state index contributed by atoms with van der Waals surface area (Å²) in [6, 6.07) is 9.76. The highest BCUT2D eigenvalue weighted by atomic mass is 35.5. The van der Waals surface area contributed by atoms with Crippen molar-refractivity contribution in [2.24, 2.45) is 10.9 Å². The summed E-state index contributed by atoms with van der Waals surface area (Å²) in [5, 5.41) is 20.2. The van der Waals surface area contributed by atoms with E-state index in [4.69, 9.17) is 21.4 Å². The van der Waals surface area contributed by atoms with Crippen LogP contribution in [0.2, 0.25) is 5.02 Å². The summed E-state index contributed by atoms with van der Waals surface area (Å²) in [5.74, 6) is 1.58. The maximum Gasteiger partial charge on any atom is 0.246 e. The van der Waals surface area contributed by atoms with Gasteiger partial charge < -0.3 is 15.2 Å². The minimum atomic E-state index is 0.0244. The topological polar surface area (TPSA) is 99.1 Å². The first-order chi connectivity index (χ1) is 12.2. The molecule has 2 aromatic rings. The zero-order valence-corrected chi connectivity index (χ0v) is 14.6. The van der Waals surface area contributed by atoms with Gasteiger partial charge in [-0.05, 0) is 31.4 Å². The van der Waals surface area contributed by atoms with E-state index in [0.29, 0.717) is 29.2 Å². The summed E-state index contributed by atoms with van der Waals surface area (Å²) >= 11 is 5.98. The Morgan fingerprint density at radius 1 is 1.48 bits per heavy atom. The highest BCUT2D eigenvalue weighted by molar-refractivity contribution is 6.30. The molecule has 0 saturated heterocycles. The van der Waals surface area contributed by atoms with Crippen LogP contribution in [0, 0.1) is 17.2 Å². The number of guanidine groups is 1. The lowest BCUT2D eigenvalue weighted by molar-refractivity contribution is 0.375. The third-order valence-corrected chi connectivity index (χ3v) is 4.42. The van der Waals surface area contributed by atoms with Crippen molar-refractivity contribution in [2.45, 2.75) is 31.8 Å². The summed E-state index contributed by atoms with van der Waals surface area (Å²) in [7, 11) is 1.69. The molecule has 130 valence electrons. The first-order valence-electron chi connectivity index (χ1n) is 8.15. The average Bonchev–Trinajstić information content (AvgIpc) is 3.27. The molecular weight excluding hydrogens is 340 g/mol. The molecule has 3 rings (SSSR count). The third-order valence-electron chi connectivity index (χ3n) is 4.19. The van der Waals surface area contributed by atoms with Crippen molar-refractivity contribution in [1.29, 1.82) is 5.26 Å². The van der Waals surface area contributed by atoms with E-state index in [0.717, 1.165) is 24.8 Å². The second-order valence-corrected chi connectivity index (χ2v) is 6.30. The van der Waals surface area contributed by atoms with Crippen molar-refractivity contribution in [2.75, 3.05) is 7.05 Å². The molecule has 1 aromatic heterocycles. The first kappa shape index (κ1) is 17.2. The maximum atomic E-state index is 9.17. The number of aromatic nitrogens is 2. The van der Waals surface area contributed by atoms with E-state index < -0.39 is 0 Å². The van der Waals surface area contributed by atoms with Gasteiger partial charge in [-0.15, -0.1) is 0 Å². The summed E-state index contributed by atoms with van der Waals surface area (Å²) in [6.07, 6.45) is 2.95. The number of aliphatic imine (C=N–C) groups is 1. The Hall–Kier alpha value is -2.59. The molecule has 0 spiro atoms. The molecule has 2 unspecified atom stereocenters. The van der Waals surface area contributed by atoms with Crippen molar-refractivity contribution in [3.8, 4) is 17.5 Å². The van der Waals surface area contributed by atoms with Crippen LogP contribution in [-0.2, 0) is 6.54 Å². The summed E-state index contributed by atoms with van der Waals surface area (Å²) in [5.41, 5.74) is 0.799. The number of benzene rings is 1. The lowest BCUT2D eigenvalue weighted by Gasteiger charge is -2.18. The molecule has 2 atom stereocenters. The molecule has 1 heterocycles. The number of halogens is 1. The van der Waals surface area contributed by atoms with Crippen LogP contribution < -0.4 is 10.6 Å². The molecule has 0 aliphatic heterocycles. The fraction of sp³-hybridized carbons (Fsp3) is 0.412. The largest absolute Gasteiger partial charge is 0.352 e. The Kier molecular flexibility index (Phi) is 5.51. The zero-order valence-electron chi connectivity index (χ0n) is 13.9. The van der Waals surface area contributed by atoms with Crippen LogP contribution in [0.5, 0.6) is 0 Å². The lowest BCUT2D eigenvalue weighted by atomic mass is 10.1. The van der Waals surface area contributed by atoms with Gasteiger partial charge in [0.25, 0.3) is 0 Å². The Morgan fingerprint density at radius 3 is 3.12 bits per heavy atom. The molecule has 0 amide bonds. The van der Waals surface area contributed by atoms with Gasteiger partial charge in [-0.3, -0.25) is 4.99 Å². The predicted octanol–water partition coefficient (Wildman–Crippen LogP) is 2.75. The second-order valence-electron chi connectivity index (χ2n) is 5.87. The number of hydrogen-bond donors (Lipinski definition) is 2. The molecule has 2 N–H and O–H groups in total. The highest BCUT2D eigenvalue weighted by Gasteiger charge is 2.27. The van der Waals surface area contributed by atoms with Crippen molar-refractivity contribution >= 4 is 17.6 Å². The lowest BCUT2D eigenvalue weighted by Crippen LogP contribution is -2.44. The number of rotatable bonds is 4. The first-order valence-corrected chi connectivity index (χ1v) is 8.52. The predicted molar refractivity (Wildman–Crippen MR) is 94.8 cm³/mol. The monoisotopic (exact) mass is 358 g/mol. The van der Waals surface area contributed by atoms with Crippen molar-refractivity contribution in [3.63, 3.8) is 0 Å². The number of nitrogens with zero attached hydrogens (tertiary/aromatic N) is 4. The minimum absolute atomic E-state index is 0.0244. The Balaban J connectivity index is 1.58. The van der Waals surface area contributed by atoms with Crippen LogP contribution in [0.25, 0.3) is 11.4 Å². The number of nitrogens with one attached hydrogen (secondary N) is 2. The number of hydrogen-bond acceptors (Lipinski definition) is 5. The molecule has 1 aliphatic carbocycles. The molecule has 1 aromatic carbocycles. The van der Waals surface area contributed by atoms with E-state index >= 15 is 0 Å². The van der Waals surface area contributed by atoms with Crippen LogP contribution in [0.1, 0.15) is 25.2 Å². The molecule has 1 saturated carbocycles. The average molecular weight is 359 g/mol. The fourth-order valence-corrected chi connectivity index (χ4v) is 3.08. The van der Waals surface area contributed by atoms with E-state index in [1.54, 1.807) is 19.2 Å². The van der Waals surface area contributed by atoms with Gasteiger partial charge in [0.2, 0.25) is 11.7 Å². The van der Waals surface area contributed by atoms with Crippen molar-refractivity contribution < 1.29 is 4.52 Å². The Bertz CT molecular complexity index is 796. The standard InChI is InChI=1S/C17H19ClN6O/c1-20-17(22-14-7-3-5-12(14)9-19)21-10-15-23-16(24-25-15)11-4-2-6-13(18)8-11/h2,4,6,8,12,14H,3,5,7,10H2,1H3,(H2,20,21,22). The summed E-state index contributed by atoms with van der Waals surface area (Å²) in [6.45, 7) is 0.344. The smallest absolute Gasteiger partial charge is 0.246 e. The maximum absolute atomic E-state index is 9.17. The Labute approximate surface area is 151 Å². The van der Waals surface area contributed by atoms with Gasteiger partial charge in [0.15, 0.2) is 5.96 Å². The molecule has 0 radical (unpaired) electrons. The van der Waals surface area contributed by atoms with Gasteiger partial charge in [0, 0.05) is 23.7 Å². The van der Waals surface area contributed by atoms with Crippen LogP contribution in [0.3, 0.4) is 0 Å². The third kappa shape index (κ3) is 4.28. The fourth-order valence-electron chi connectivity index (χ4n) is 2.89. The normalized spacial score (nSPS) is 20.3. The molecule has 7 nitrogen and oxygen atoms in total. The molecule has 0 bridgehead atoms. The number of nitriles is 1. The Morgan fingerprint density at radius 2 is 2.36 bits per heavy atom. The van der Waals surface area contributed by atoms with E-state index in [-0.39, 0.29) is 12.0 Å². The van der Waals surface area contributed by atoms with Gasteiger partial charge in [0.05, 0.1) is 18.5 Å². The minimum Gasteiger partial charge on any atom is -0.352 e. The van der Waals surface area contributed by atoms with Gasteiger partial charge in [-0.25, -0.2) is 0 Å². The van der Waals surface area contributed by atoms with Crippen LogP contribution in [0.4, 0.5) is 0 Å². The SMILES string of the molecule is CN=C(NCc1nc(-c2cccc(Cl)c2)no1)NC1CCCC1C#N. The van der Waals surface area contributed by atoms with E-state index in [2.05, 4.69) is 31.8 Å². The van der Waals surface area contributed by atoms with E-state index in [1.165, 1.54) is 0 Å². The summed E-state index contributed by atoms with van der Waals surface area (Å²) < 4.78 is 5.26. The van der Waals surface area contributed by atoms with Crippen LogP contribution >= 0.6 is 11.6 Å². The zero-order chi connectivity index (χ0) is 17.6. The summed E-state index contributed by atoms with van der Waals surface area (Å²) in [4.78, 5) is 8.55. The van der Waals surface area contributed by atoms with E-state index in [1.807, 2.05) is 12.1 Å². The van der Waals surface area contributed by atoms with Gasteiger partial charge >= 0.3 is 0 Å². The molecular formula is C17H19ClN6O. The van der Waals surface area contributed by atoms with Crippen LogP contribution in [0.15, 0.2) is 33.8 Å². The molecule has 8 heteroatoms. The molecule has 1 aliphatic rings. The van der Waals surface area contributed by atoms with Gasteiger partial charge in [-0.2, -0.15) is 10.2 Å².